The second kappa shape index (κ2) is 9.59. The predicted octanol–water partition coefficient (Wildman–Crippen LogP) is 2.91. The minimum atomic E-state index is -0.0603. The third kappa shape index (κ3) is 6.64. The molecule has 2 aromatic rings. The van der Waals surface area contributed by atoms with E-state index in [9.17, 15) is 4.79 Å². The van der Waals surface area contributed by atoms with Gasteiger partial charge in [0.05, 0.1) is 12.3 Å². The fraction of sp³-hybridized carbons (Fsp3) is 0.357. The Morgan fingerprint density at radius 3 is 2.87 bits per heavy atom. The summed E-state index contributed by atoms with van der Waals surface area (Å²) < 4.78 is 6.27. The Morgan fingerprint density at radius 1 is 1.35 bits per heavy atom. The van der Waals surface area contributed by atoms with Crippen molar-refractivity contribution in [1.29, 1.82) is 0 Å². The molecule has 23 heavy (non-hydrogen) atoms. The summed E-state index contributed by atoms with van der Waals surface area (Å²) in [5, 5.41) is 15.3. The Labute approximate surface area is 148 Å². The van der Waals surface area contributed by atoms with E-state index in [0.29, 0.717) is 23.9 Å². The van der Waals surface area contributed by atoms with E-state index in [-0.39, 0.29) is 5.91 Å². The van der Waals surface area contributed by atoms with Crippen molar-refractivity contribution in [1.82, 2.24) is 15.5 Å². The molecule has 0 saturated heterocycles. The molecule has 1 heterocycles. The van der Waals surface area contributed by atoms with E-state index < -0.39 is 0 Å². The van der Waals surface area contributed by atoms with Gasteiger partial charge in [-0.3, -0.25) is 4.79 Å². The molecule has 0 radical (unpaired) electrons. The third-order valence-electron chi connectivity index (χ3n) is 2.57. The van der Waals surface area contributed by atoms with Crippen molar-refractivity contribution >= 4 is 45.7 Å². The average molecular weight is 373 g/mol. The van der Waals surface area contributed by atoms with E-state index in [1.54, 1.807) is 24.3 Å². The summed E-state index contributed by atoms with van der Waals surface area (Å²) in [6.07, 6.45) is 0. The van der Waals surface area contributed by atoms with E-state index in [0.717, 1.165) is 21.8 Å². The van der Waals surface area contributed by atoms with Crippen molar-refractivity contribution in [2.75, 3.05) is 30.8 Å². The second-order valence-electron chi connectivity index (χ2n) is 4.34. The summed E-state index contributed by atoms with van der Waals surface area (Å²) in [5.74, 6) is 0.972. The van der Waals surface area contributed by atoms with Crippen molar-refractivity contribution in [3.8, 4) is 5.75 Å². The molecule has 0 aliphatic rings. The lowest BCUT2D eigenvalue weighted by Gasteiger charge is -2.07. The predicted molar refractivity (Wildman–Crippen MR) is 94.8 cm³/mol. The maximum absolute atomic E-state index is 11.7. The van der Waals surface area contributed by atoms with Crippen LogP contribution in [0.3, 0.4) is 0 Å². The lowest BCUT2D eigenvalue weighted by molar-refractivity contribution is -0.118. The third-order valence-corrected chi connectivity index (χ3v) is 4.83. The fourth-order valence-corrected chi connectivity index (χ4v) is 3.33. The molecule has 0 unspecified atom stereocenters. The van der Waals surface area contributed by atoms with Gasteiger partial charge in [0.2, 0.25) is 11.0 Å². The summed E-state index contributed by atoms with van der Waals surface area (Å²) in [4.78, 5) is 11.7. The highest BCUT2D eigenvalue weighted by atomic mass is 35.5. The van der Waals surface area contributed by atoms with Gasteiger partial charge in [-0.15, -0.1) is 10.2 Å². The highest BCUT2D eigenvalue weighted by Crippen LogP contribution is 2.24. The van der Waals surface area contributed by atoms with Crippen molar-refractivity contribution < 1.29 is 9.53 Å². The standard InChI is InChI=1S/C14H17ClN4O2S2/c1-2-16-13-18-19-14(23-13)22-9-12(20)17-7-8-21-11-5-3-10(15)4-6-11/h3-6H,2,7-9H2,1H3,(H,16,18)(H,17,20). The van der Waals surface area contributed by atoms with E-state index in [1.807, 2.05) is 6.92 Å². The van der Waals surface area contributed by atoms with Crippen LogP contribution in [-0.2, 0) is 4.79 Å². The van der Waals surface area contributed by atoms with Gasteiger partial charge in [-0.1, -0.05) is 34.7 Å². The minimum absolute atomic E-state index is 0.0603. The number of ether oxygens (including phenoxy) is 1. The van der Waals surface area contributed by atoms with Gasteiger partial charge in [0.15, 0.2) is 4.34 Å². The number of anilines is 1. The number of rotatable bonds is 9. The van der Waals surface area contributed by atoms with Gasteiger partial charge in [-0.25, -0.2) is 0 Å². The van der Waals surface area contributed by atoms with E-state index >= 15 is 0 Å². The average Bonchev–Trinajstić information content (AvgIpc) is 2.99. The smallest absolute Gasteiger partial charge is 0.230 e. The summed E-state index contributed by atoms with van der Waals surface area (Å²) in [6.45, 7) is 3.64. The van der Waals surface area contributed by atoms with Crippen LogP contribution < -0.4 is 15.4 Å². The summed E-state index contributed by atoms with van der Waals surface area (Å²) >= 11 is 8.60. The molecule has 1 aromatic carbocycles. The van der Waals surface area contributed by atoms with Crippen LogP contribution >= 0.6 is 34.7 Å². The Balaban J connectivity index is 1.60. The van der Waals surface area contributed by atoms with Crippen molar-refractivity contribution in [3.63, 3.8) is 0 Å². The Hall–Kier alpha value is -1.51. The number of thioether (sulfide) groups is 1. The van der Waals surface area contributed by atoms with Gasteiger partial charge in [0.1, 0.15) is 12.4 Å². The normalized spacial score (nSPS) is 10.3. The topological polar surface area (TPSA) is 76.1 Å². The van der Waals surface area contributed by atoms with E-state index in [1.165, 1.54) is 23.1 Å². The van der Waals surface area contributed by atoms with Gasteiger partial charge in [0.25, 0.3) is 0 Å². The highest BCUT2D eigenvalue weighted by Gasteiger charge is 2.07. The molecule has 2 N–H and O–H groups in total. The minimum Gasteiger partial charge on any atom is -0.492 e. The largest absolute Gasteiger partial charge is 0.492 e. The quantitative estimate of drug-likeness (QED) is 0.520. The first-order valence-electron chi connectivity index (χ1n) is 7.02. The molecule has 2 rings (SSSR count). The van der Waals surface area contributed by atoms with Gasteiger partial charge >= 0.3 is 0 Å². The molecule has 0 spiro atoms. The Morgan fingerprint density at radius 2 is 2.13 bits per heavy atom. The molecule has 0 bridgehead atoms. The van der Waals surface area contributed by atoms with Crippen LogP contribution in [0.25, 0.3) is 0 Å². The molecule has 1 aromatic heterocycles. The summed E-state index contributed by atoms with van der Waals surface area (Å²) in [7, 11) is 0. The van der Waals surface area contributed by atoms with Crippen LogP contribution in [0.5, 0.6) is 5.75 Å². The Bertz CT molecular complexity index is 621. The molecule has 1 amide bonds. The van der Waals surface area contributed by atoms with Crippen molar-refractivity contribution in [2.24, 2.45) is 0 Å². The molecule has 124 valence electrons. The van der Waals surface area contributed by atoms with Crippen LogP contribution in [0.4, 0.5) is 5.13 Å². The molecule has 0 atom stereocenters. The van der Waals surface area contributed by atoms with Crippen LogP contribution in [0, 0.1) is 0 Å². The number of hydrogen-bond acceptors (Lipinski definition) is 7. The number of carbonyl (C=O) groups excluding carboxylic acids is 1. The molecule has 9 heteroatoms. The van der Waals surface area contributed by atoms with Crippen molar-refractivity contribution in [2.45, 2.75) is 11.3 Å². The molecule has 6 nitrogen and oxygen atoms in total. The number of halogens is 1. The molecule has 0 fully saturated rings. The first kappa shape index (κ1) is 17.8. The number of amides is 1. The van der Waals surface area contributed by atoms with E-state index in [2.05, 4.69) is 20.8 Å². The number of carbonyl (C=O) groups is 1. The monoisotopic (exact) mass is 372 g/mol. The zero-order valence-electron chi connectivity index (χ0n) is 12.5. The molecule has 0 aliphatic heterocycles. The number of aromatic nitrogens is 2. The zero-order valence-corrected chi connectivity index (χ0v) is 14.9. The van der Waals surface area contributed by atoms with E-state index in [4.69, 9.17) is 16.3 Å². The van der Waals surface area contributed by atoms with Gasteiger partial charge < -0.3 is 15.4 Å². The second-order valence-corrected chi connectivity index (χ2v) is 6.98. The van der Waals surface area contributed by atoms with Crippen LogP contribution in [0.1, 0.15) is 6.92 Å². The molecular weight excluding hydrogens is 356 g/mol. The van der Waals surface area contributed by atoms with Gasteiger partial charge in [-0.05, 0) is 31.2 Å². The summed E-state index contributed by atoms with van der Waals surface area (Å²) in [6, 6.07) is 7.10. The lowest BCUT2D eigenvalue weighted by atomic mass is 10.3. The van der Waals surface area contributed by atoms with Crippen molar-refractivity contribution in [3.05, 3.63) is 29.3 Å². The van der Waals surface area contributed by atoms with Gasteiger partial charge in [0, 0.05) is 11.6 Å². The fourth-order valence-electron chi connectivity index (χ4n) is 1.56. The number of nitrogens with one attached hydrogen (secondary N) is 2. The maximum Gasteiger partial charge on any atom is 0.230 e. The molecule has 0 saturated carbocycles. The molecular formula is C14H17ClN4O2S2. The highest BCUT2D eigenvalue weighted by molar-refractivity contribution is 8.01. The van der Waals surface area contributed by atoms with Crippen LogP contribution in [0.15, 0.2) is 28.6 Å². The van der Waals surface area contributed by atoms with Crippen LogP contribution in [-0.4, -0.2) is 41.6 Å². The summed E-state index contributed by atoms with van der Waals surface area (Å²) in [5.41, 5.74) is 0. The molecule has 0 aliphatic carbocycles. The zero-order chi connectivity index (χ0) is 16.5. The maximum atomic E-state index is 11.7. The number of nitrogens with zero attached hydrogens (tertiary/aromatic N) is 2. The number of hydrogen-bond donors (Lipinski definition) is 2. The number of benzene rings is 1. The first-order chi connectivity index (χ1) is 11.2. The van der Waals surface area contributed by atoms with Crippen LogP contribution in [0.2, 0.25) is 5.02 Å². The SMILES string of the molecule is CCNc1nnc(SCC(=O)NCCOc2ccc(Cl)cc2)s1. The first-order valence-corrected chi connectivity index (χ1v) is 9.20. The lowest BCUT2D eigenvalue weighted by Crippen LogP contribution is -2.29. The van der Waals surface area contributed by atoms with Gasteiger partial charge in [-0.2, -0.15) is 0 Å². The Kier molecular flexibility index (Phi) is 7.44.